The molecule has 2 unspecified atom stereocenters. The standard InChI is InChI=1S/C12H27N3/c1-4-11-5-6-12(9-11,10-13)14-7-8-15(2)3/h11,14H,4-10,13H2,1-3H3. The molecule has 0 saturated heterocycles. The van der Waals surface area contributed by atoms with E-state index in [4.69, 9.17) is 5.73 Å². The molecule has 15 heavy (non-hydrogen) atoms. The molecule has 1 aliphatic rings. The molecule has 0 aliphatic heterocycles. The van der Waals surface area contributed by atoms with Crippen molar-refractivity contribution in [3.63, 3.8) is 0 Å². The van der Waals surface area contributed by atoms with Crippen LogP contribution in [-0.4, -0.2) is 44.2 Å². The summed E-state index contributed by atoms with van der Waals surface area (Å²) in [5, 5.41) is 3.67. The Morgan fingerprint density at radius 1 is 1.47 bits per heavy atom. The Morgan fingerprint density at radius 3 is 2.67 bits per heavy atom. The zero-order valence-electron chi connectivity index (χ0n) is 10.6. The van der Waals surface area contributed by atoms with E-state index in [0.29, 0.717) is 0 Å². The number of hydrogen-bond donors (Lipinski definition) is 2. The fraction of sp³-hybridized carbons (Fsp3) is 1.00. The predicted octanol–water partition coefficient (Wildman–Crippen LogP) is 1.05. The topological polar surface area (TPSA) is 41.3 Å². The van der Waals surface area contributed by atoms with Gasteiger partial charge in [0.1, 0.15) is 0 Å². The van der Waals surface area contributed by atoms with Gasteiger partial charge in [-0.05, 0) is 39.3 Å². The van der Waals surface area contributed by atoms with Gasteiger partial charge in [-0.15, -0.1) is 0 Å². The summed E-state index contributed by atoms with van der Waals surface area (Å²) in [5.41, 5.74) is 6.17. The Kier molecular flexibility index (Phi) is 5.03. The second kappa shape index (κ2) is 5.83. The van der Waals surface area contributed by atoms with Gasteiger partial charge in [-0.3, -0.25) is 0 Å². The van der Waals surface area contributed by atoms with Crippen LogP contribution in [0.2, 0.25) is 0 Å². The molecular weight excluding hydrogens is 186 g/mol. The Balaban J connectivity index is 2.34. The van der Waals surface area contributed by atoms with E-state index in [0.717, 1.165) is 25.6 Å². The molecule has 90 valence electrons. The highest BCUT2D eigenvalue weighted by Crippen LogP contribution is 2.35. The highest BCUT2D eigenvalue weighted by molar-refractivity contribution is 4.96. The second-order valence-corrected chi connectivity index (χ2v) is 5.23. The van der Waals surface area contributed by atoms with Crippen LogP contribution in [0.3, 0.4) is 0 Å². The van der Waals surface area contributed by atoms with Gasteiger partial charge in [-0.2, -0.15) is 0 Å². The first-order valence-electron chi connectivity index (χ1n) is 6.21. The molecule has 0 aromatic carbocycles. The van der Waals surface area contributed by atoms with Crippen LogP contribution in [0.25, 0.3) is 0 Å². The van der Waals surface area contributed by atoms with Crippen molar-refractivity contribution in [2.45, 2.75) is 38.1 Å². The molecule has 1 rings (SSSR count). The maximum atomic E-state index is 5.93. The maximum Gasteiger partial charge on any atom is 0.0307 e. The quantitative estimate of drug-likeness (QED) is 0.693. The van der Waals surface area contributed by atoms with Crippen LogP contribution >= 0.6 is 0 Å². The molecule has 0 spiro atoms. The molecular formula is C12H27N3. The Bertz CT molecular complexity index is 182. The van der Waals surface area contributed by atoms with Crippen molar-refractivity contribution in [1.29, 1.82) is 0 Å². The molecule has 0 heterocycles. The summed E-state index contributed by atoms with van der Waals surface area (Å²) < 4.78 is 0. The third-order valence-corrected chi connectivity index (χ3v) is 3.74. The number of nitrogens with one attached hydrogen (secondary N) is 1. The van der Waals surface area contributed by atoms with Crippen molar-refractivity contribution in [1.82, 2.24) is 10.2 Å². The molecule has 1 fully saturated rings. The SMILES string of the molecule is CCC1CCC(CN)(NCCN(C)C)C1. The molecule has 1 saturated carbocycles. The van der Waals surface area contributed by atoms with E-state index in [1.165, 1.54) is 25.7 Å². The zero-order valence-corrected chi connectivity index (χ0v) is 10.6. The van der Waals surface area contributed by atoms with Gasteiger partial charge in [0.25, 0.3) is 0 Å². The largest absolute Gasteiger partial charge is 0.329 e. The molecule has 1 aliphatic carbocycles. The summed E-state index contributed by atoms with van der Waals surface area (Å²) in [4.78, 5) is 2.21. The average Bonchev–Trinajstić information content (AvgIpc) is 2.62. The lowest BCUT2D eigenvalue weighted by Crippen LogP contribution is -2.51. The summed E-state index contributed by atoms with van der Waals surface area (Å²) >= 11 is 0. The first-order valence-corrected chi connectivity index (χ1v) is 6.21. The fourth-order valence-electron chi connectivity index (χ4n) is 2.55. The number of likely N-dealkylation sites (N-methyl/N-ethyl adjacent to an activating group) is 1. The number of rotatable bonds is 6. The summed E-state index contributed by atoms with van der Waals surface area (Å²) in [6.07, 6.45) is 5.18. The Labute approximate surface area is 94.4 Å². The van der Waals surface area contributed by atoms with Crippen LogP contribution in [0.1, 0.15) is 32.6 Å². The van der Waals surface area contributed by atoms with E-state index >= 15 is 0 Å². The van der Waals surface area contributed by atoms with Crippen molar-refractivity contribution < 1.29 is 0 Å². The highest BCUT2D eigenvalue weighted by atomic mass is 15.1. The minimum absolute atomic E-state index is 0.247. The van der Waals surface area contributed by atoms with Crippen molar-refractivity contribution >= 4 is 0 Å². The smallest absolute Gasteiger partial charge is 0.0307 e. The van der Waals surface area contributed by atoms with Crippen molar-refractivity contribution in [2.75, 3.05) is 33.7 Å². The lowest BCUT2D eigenvalue weighted by molar-refractivity contribution is 0.301. The molecule has 2 atom stereocenters. The van der Waals surface area contributed by atoms with Crippen LogP contribution < -0.4 is 11.1 Å². The zero-order chi connectivity index (χ0) is 11.3. The van der Waals surface area contributed by atoms with Crippen LogP contribution in [-0.2, 0) is 0 Å². The Morgan fingerprint density at radius 2 is 2.20 bits per heavy atom. The maximum absolute atomic E-state index is 5.93. The summed E-state index contributed by atoms with van der Waals surface area (Å²) in [6, 6.07) is 0. The molecule has 0 aromatic rings. The minimum Gasteiger partial charge on any atom is -0.329 e. The van der Waals surface area contributed by atoms with Crippen LogP contribution in [0.15, 0.2) is 0 Å². The van der Waals surface area contributed by atoms with Crippen molar-refractivity contribution in [2.24, 2.45) is 11.7 Å². The van der Waals surface area contributed by atoms with Crippen molar-refractivity contribution in [3.05, 3.63) is 0 Å². The van der Waals surface area contributed by atoms with E-state index in [1.807, 2.05) is 0 Å². The molecule has 3 nitrogen and oxygen atoms in total. The lowest BCUT2D eigenvalue weighted by Gasteiger charge is -2.30. The van der Waals surface area contributed by atoms with E-state index in [9.17, 15) is 0 Å². The van der Waals surface area contributed by atoms with Crippen LogP contribution in [0.4, 0.5) is 0 Å². The lowest BCUT2D eigenvalue weighted by atomic mass is 9.95. The van der Waals surface area contributed by atoms with Gasteiger partial charge in [0, 0.05) is 25.2 Å². The first-order chi connectivity index (χ1) is 7.12. The molecule has 0 amide bonds. The first kappa shape index (κ1) is 12.9. The van der Waals surface area contributed by atoms with Gasteiger partial charge >= 0.3 is 0 Å². The third kappa shape index (κ3) is 3.74. The van der Waals surface area contributed by atoms with Gasteiger partial charge in [0.15, 0.2) is 0 Å². The van der Waals surface area contributed by atoms with E-state index < -0.39 is 0 Å². The predicted molar refractivity (Wildman–Crippen MR) is 66.0 cm³/mol. The van der Waals surface area contributed by atoms with Gasteiger partial charge in [0.2, 0.25) is 0 Å². The number of hydrogen-bond acceptors (Lipinski definition) is 3. The van der Waals surface area contributed by atoms with Gasteiger partial charge in [-0.1, -0.05) is 13.3 Å². The number of nitrogens with zero attached hydrogens (tertiary/aromatic N) is 1. The molecule has 3 N–H and O–H groups in total. The minimum atomic E-state index is 0.247. The van der Waals surface area contributed by atoms with Crippen molar-refractivity contribution in [3.8, 4) is 0 Å². The van der Waals surface area contributed by atoms with E-state index in [2.05, 4.69) is 31.2 Å². The monoisotopic (exact) mass is 213 g/mol. The summed E-state index contributed by atoms with van der Waals surface area (Å²) in [6.45, 7) is 5.23. The third-order valence-electron chi connectivity index (χ3n) is 3.74. The van der Waals surface area contributed by atoms with E-state index in [1.54, 1.807) is 0 Å². The summed E-state index contributed by atoms with van der Waals surface area (Å²) in [7, 11) is 4.22. The van der Waals surface area contributed by atoms with Gasteiger partial charge in [0.05, 0.1) is 0 Å². The molecule has 3 heteroatoms. The Hall–Kier alpha value is -0.120. The molecule has 0 aromatic heterocycles. The highest BCUT2D eigenvalue weighted by Gasteiger charge is 2.36. The molecule has 0 radical (unpaired) electrons. The van der Waals surface area contributed by atoms with E-state index in [-0.39, 0.29) is 5.54 Å². The van der Waals surface area contributed by atoms with Gasteiger partial charge < -0.3 is 16.0 Å². The fourth-order valence-corrected chi connectivity index (χ4v) is 2.55. The normalized spacial score (nSPS) is 31.4. The second-order valence-electron chi connectivity index (χ2n) is 5.23. The van der Waals surface area contributed by atoms with Crippen LogP contribution in [0, 0.1) is 5.92 Å². The average molecular weight is 213 g/mol. The van der Waals surface area contributed by atoms with Gasteiger partial charge in [-0.25, -0.2) is 0 Å². The van der Waals surface area contributed by atoms with Crippen LogP contribution in [0.5, 0.6) is 0 Å². The number of nitrogens with two attached hydrogens (primary N) is 1. The molecule has 0 bridgehead atoms. The summed E-state index contributed by atoms with van der Waals surface area (Å²) in [5.74, 6) is 0.889.